The highest BCUT2D eigenvalue weighted by molar-refractivity contribution is 5.81. The molecular formula is C16H18N2O4. The molecule has 0 spiro atoms. The fourth-order valence-electron chi connectivity index (χ4n) is 2.87. The van der Waals surface area contributed by atoms with Gasteiger partial charge < -0.3 is 14.7 Å². The number of carboxylic acid groups (broad SMARTS) is 1. The van der Waals surface area contributed by atoms with Gasteiger partial charge in [-0.3, -0.25) is 9.59 Å². The molecular weight excluding hydrogens is 284 g/mol. The number of piperidine rings is 1. The number of carboxylic acids is 1. The first-order chi connectivity index (χ1) is 10.6. The Hall–Kier alpha value is -2.39. The zero-order valence-corrected chi connectivity index (χ0v) is 12.4. The van der Waals surface area contributed by atoms with Gasteiger partial charge in [0.2, 0.25) is 5.91 Å². The highest BCUT2D eigenvalue weighted by Crippen LogP contribution is 2.37. The number of aliphatic carboxylic acids is 1. The number of hydrogen-bond acceptors (Lipinski definition) is 4. The van der Waals surface area contributed by atoms with E-state index < -0.39 is 17.9 Å². The molecule has 2 atom stereocenters. The molecule has 0 radical (unpaired) electrons. The fraction of sp³-hybridized carbons (Fsp3) is 0.438. The van der Waals surface area contributed by atoms with Crippen LogP contribution < -0.4 is 0 Å². The van der Waals surface area contributed by atoms with E-state index >= 15 is 0 Å². The van der Waals surface area contributed by atoms with Gasteiger partial charge in [0, 0.05) is 20.1 Å². The maximum absolute atomic E-state index is 12.2. The number of carbonyl (C=O) groups is 2. The summed E-state index contributed by atoms with van der Waals surface area (Å²) in [4.78, 5) is 25.4. The Bertz CT molecular complexity index is 608. The Morgan fingerprint density at radius 3 is 2.95 bits per heavy atom. The molecule has 0 bridgehead atoms. The topological polar surface area (TPSA) is 90.6 Å². The number of amides is 1. The van der Waals surface area contributed by atoms with Crippen LogP contribution in [0, 0.1) is 17.2 Å². The predicted molar refractivity (Wildman–Crippen MR) is 77.8 cm³/mol. The molecule has 2 rings (SSSR count). The number of methoxy groups -OCH3 is 1. The summed E-state index contributed by atoms with van der Waals surface area (Å²) in [5.41, 5.74) is 1.13. The Kier molecular flexibility index (Phi) is 5.12. The Balaban J connectivity index is 2.42. The largest absolute Gasteiger partial charge is 0.481 e. The molecule has 1 heterocycles. The van der Waals surface area contributed by atoms with Gasteiger partial charge in [-0.1, -0.05) is 12.1 Å². The molecule has 6 heteroatoms. The lowest BCUT2D eigenvalue weighted by Gasteiger charge is -2.39. The first kappa shape index (κ1) is 16.0. The van der Waals surface area contributed by atoms with Crippen molar-refractivity contribution in [3.8, 4) is 6.07 Å². The second kappa shape index (κ2) is 7.05. The lowest BCUT2D eigenvalue weighted by Crippen LogP contribution is -2.46. The van der Waals surface area contributed by atoms with Gasteiger partial charge >= 0.3 is 5.97 Å². The molecule has 1 aromatic carbocycles. The number of nitrogens with zero attached hydrogens (tertiary/aromatic N) is 2. The van der Waals surface area contributed by atoms with Crippen molar-refractivity contribution in [3.63, 3.8) is 0 Å². The molecule has 22 heavy (non-hydrogen) atoms. The van der Waals surface area contributed by atoms with Crippen LogP contribution >= 0.6 is 0 Å². The molecule has 0 unspecified atom stereocenters. The van der Waals surface area contributed by atoms with Crippen molar-refractivity contribution in [2.75, 3.05) is 20.3 Å². The summed E-state index contributed by atoms with van der Waals surface area (Å²) >= 11 is 0. The summed E-state index contributed by atoms with van der Waals surface area (Å²) in [6.45, 7) is 0.674. The van der Waals surface area contributed by atoms with E-state index in [0.29, 0.717) is 30.7 Å². The summed E-state index contributed by atoms with van der Waals surface area (Å²) < 4.78 is 5.02. The van der Waals surface area contributed by atoms with Crippen LogP contribution in [0.5, 0.6) is 0 Å². The molecule has 1 aliphatic heterocycles. The van der Waals surface area contributed by atoms with E-state index in [9.17, 15) is 14.7 Å². The molecule has 1 amide bonds. The second-order valence-electron chi connectivity index (χ2n) is 5.25. The predicted octanol–water partition coefficient (Wildman–Crippen LogP) is 1.57. The summed E-state index contributed by atoms with van der Waals surface area (Å²) in [5.74, 6) is -1.69. The third-order valence-electron chi connectivity index (χ3n) is 3.92. The molecule has 1 aliphatic rings. The van der Waals surface area contributed by atoms with Crippen molar-refractivity contribution in [1.29, 1.82) is 5.26 Å². The normalized spacial score (nSPS) is 21.5. The molecule has 116 valence electrons. The SMILES string of the molecule is COCCN1C(=O)CC[C@@H](C(=O)O)[C@H]1c1cccc(C#N)c1. The van der Waals surface area contributed by atoms with Crippen LogP contribution in [0.1, 0.15) is 30.0 Å². The number of nitriles is 1. The van der Waals surface area contributed by atoms with Crippen LogP contribution in [0.15, 0.2) is 24.3 Å². The molecule has 6 nitrogen and oxygen atoms in total. The highest BCUT2D eigenvalue weighted by Gasteiger charge is 2.40. The van der Waals surface area contributed by atoms with Gasteiger partial charge in [-0.25, -0.2) is 0 Å². The fourth-order valence-corrected chi connectivity index (χ4v) is 2.87. The minimum atomic E-state index is -0.928. The third kappa shape index (κ3) is 3.26. The molecule has 0 aliphatic carbocycles. The Morgan fingerprint density at radius 2 is 2.32 bits per heavy atom. The van der Waals surface area contributed by atoms with E-state index in [1.807, 2.05) is 6.07 Å². The number of benzene rings is 1. The summed E-state index contributed by atoms with van der Waals surface area (Å²) in [6.07, 6.45) is 0.522. The minimum Gasteiger partial charge on any atom is -0.481 e. The van der Waals surface area contributed by atoms with Crippen LogP contribution in [0.4, 0.5) is 0 Å². The summed E-state index contributed by atoms with van der Waals surface area (Å²) in [7, 11) is 1.54. The maximum atomic E-state index is 12.2. The van der Waals surface area contributed by atoms with Gasteiger partial charge in [-0.05, 0) is 24.1 Å². The summed E-state index contributed by atoms with van der Waals surface area (Å²) in [6, 6.07) is 8.26. The Morgan fingerprint density at radius 1 is 1.55 bits per heavy atom. The average molecular weight is 302 g/mol. The highest BCUT2D eigenvalue weighted by atomic mass is 16.5. The van der Waals surface area contributed by atoms with Crippen molar-refractivity contribution < 1.29 is 19.4 Å². The summed E-state index contributed by atoms with van der Waals surface area (Å²) in [5, 5.41) is 18.5. The van der Waals surface area contributed by atoms with E-state index in [0.717, 1.165) is 0 Å². The molecule has 1 saturated heterocycles. The average Bonchev–Trinajstić information content (AvgIpc) is 2.53. The van der Waals surface area contributed by atoms with Crippen molar-refractivity contribution in [1.82, 2.24) is 4.90 Å². The number of carbonyl (C=O) groups excluding carboxylic acids is 1. The van der Waals surface area contributed by atoms with E-state index in [1.165, 1.54) is 7.11 Å². The van der Waals surface area contributed by atoms with Crippen LogP contribution in [0.2, 0.25) is 0 Å². The zero-order chi connectivity index (χ0) is 16.1. The van der Waals surface area contributed by atoms with Gasteiger partial charge in [-0.2, -0.15) is 5.26 Å². The van der Waals surface area contributed by atoms with Crippen molar-refractivity contribution in [2.45, 2.75) is 18.9 Å². The number of likely N-dealkylation sites (tertiary alicyclic amines) is 1. The molecule has 0 saturated carbocycles. The number of ether oxygens (including phenoxy) is 1. The smallest absolute Gasteiger partial charge is 0.308 e. The van der Waals surface area contributed by atoms with E-state index in [4.69, 9.17) is 10.00 Å². The van der Waals surface area contributed by atoms with E-state index in [1.54, 1.807) is 29.2 Å². The van der Waals surface area contributed by atoms with E-state index in [-0.39, 0.29) is 12.3 Å². The van der Waals surface area contributed by atoms with Gasteiger partial charge in [0.05, 0.1) is 30.2 Å². The van der Waals surface area contributed by atoms with Crippen LogP contribution in [-0.4, -0.2) is 42.1 Å². The van der Waals surface area contributed by atoms with Gasteiger partial charge in [0.1, 0.15) is 0 Å². The van der Waals surface area contributed by atoms with Crippen LogP contribution in [0.3, 0.4) is 0 Å². The van der Waals surface area contributed by atoms with E-state index in [2.05, 4.69) is 0 Å². The standard InChI is InChI=1S/C16H18N2O4/c1-22-8-7-18-14(19)6-5-13(16(20)21)15(18)12-4-2-3-11(9-12)10-17/h2-4,9,13,15H,5-8H2,1H3,(H,20,21)/t13-,15-/m1/s1. The third-order valence-corrected chi connectivity index (χ3v) is 3.92. The van der Waals surface area contributed by atoms with Crippen molar-refractivity contribution in [3.05, 3.63) is 35.4 Å². The molecule has 1 fully saturated rings. The van der Waals surface area contributed by atoms with Crippen molar-refractivity contribution >= 4 is 11.9 Å². The molecule has 0 aromatic heterocycles. The zero-order valence-electron chi connectivity index (χ0n) is 12.4. The molecule has 1 aromatic rings. The van der Waals surface area contributed by atoms with Gasteiger partial charge in [-0.15, -0.1) is 0 Å². The monoisotopic (exact) mass is 302 g/mol. The maximum Gasteiger partial charge on any atom is 0.308 e. The van der Waals surface area contributed by atoms with Gasteiger partial charge in [0.25, 0.3) is 0 Å². The lowest BCUT2D eigenvalue weighted by molar-refractivity contribution is -0.152. The minimum absolute atomic E-state index is 0.0816. The lowest BCUT2D eigenvalue weighted by atomic mass is 9.84. The van der Waals surface area contributed by atoms with Crippen LogP contribution in [-0.2, 0) is 14.3 Å². The van der Waals surface area contributed by atoms with Crippen molar-refractivity contribution in [2.24, 2.45) is 5.92 Å². The Labute approximate surface area is 128 Å². The first-order valence-electron chi connectivity index (χ1n) is 7.09. The van der Waals surface area contributed by atoms with Gasteiger partial charge in [0.15, 0.2) is 0 Å². The second-order valence-corrected chi connectivity index (χ2v) is 5.25. The molecule has 1 N–H and O–H groups in total. The number of hydrogen-bond donors (Lipinski definition) is 1. The number of rotatable bonds is 5. The first-order valence-corrected chi connectivity index (χ1v) is 7.09. The van der Waals surface area contributed by atoms with Crippen LogP contribution in [0.25, 0.3) is 0 Å². The quantitative estimate of drug-likeness (QED) is 0.891.